The summed E-state index contributed by atoms with van der Waals surface area (Å²) in [4.78, 5) is 8.66. The van der Waals surface area contributed by atoms with Crippen LogP contribution in [0, 0.1) is 11.3 Å². The highest BCUT2D eigenvalue weighted by Gasteiger charge is 2.10. The van der Waals surface area contributed by atoms with E-state index in [9.17, 15) is 0 Å². The molecule has 1 N–H and O–H groups in total. The van der Waals surface area contributed by atoms with Crippen molar-refractivity contribution in [1.29, 1.82) is 5.26 Å². The molecule has 0 aliphatic rings. The molecule has 0 saturated heterocycles. The summed E-state index contributed by atoms with van der Waals surface area (Å²) in [5, 5.41) is 18.5. The lowest BCUT2D eigenvalue weighted by atomic mass is 10.1. The molecule has 0 radical (unpaired) electrons. The summed E-state index contributed by atoms with van der Waals surface area (Å²) in [6.45, 7) is 2.75. The lowest BCUT2D eigenvalue weighted by Gasteiger charge is -2.15. The van der Waals surface area contributed by atoms with Crippen LogP contribution in [0.2, 0.25) is 5.02 Å². The van der Waals surface area contributed by atoms with Crippen molar-refractivity contribution in [3.8, 4) is 17.3 Å². The number of fused-ring (bicyclic) bond motifs is 1. The van der Waals surface area contributed by atoms with Crippen LogP contribution in [-0.2, 0) is 6.54 Å². The molecule has 2 aromatic heterocycles. The third kappa shape index (κ3) is 3.66. The van der Waals surface area contributed by atoms with Crippen LogP contribution in [0.1, 0.15) is 12.5 Å². The van der Waals surface area contributed by atoms with E-state index >= 15 is 0 Å². The normalized spacial score (nSPS) is 11.9. The number of rotatable bonds is 5. The molecular weight excluding hydrogens is 372 g/mol. The number of hydrogen-bond acceptors (Lipinski definition) is 5. The van der Waals surface area contributed by atoms with Gasteiger partial charge in [0, 0.05) is 23.2 Å². The quantitative estimate of drug-likeness (QED) is 0.543. The average Bonchev–Trinajstić information content (AvgIpc) is 3.16. The fourth-order valence-electron chi connectivity index (χ4n) is 3.06. The molecule has 4 aromatic rings. The predicted molar refractivity (Wildman–Crippen MR) is 110 cm³/mol. The first-order valence-electron chi connectivity index (χ1n) is 8.84. The summed E-state index contributed by atoms with van der Waals surface area (Å²) in [5.74, 6) is 0.810. The van der Waals surface area contributed by atoms with E-state index in [1.807, 2.05) is 47.3 Å². The molecule has 4 rings (SSSR count). The van der Waals surface area contributed by atoms with Crippen molar-refractivity contribution in [3.63, 3.8) is 0 Å². The summed E-state index contributed by atoms with van der Waals surface area (Å²) in [6.07, 6.45) is 3.50. The van der Waals surface area contributed by atoms with Crippen molar-refractivity contribution < 1.29 is 0 Å². The van der Waals surface area contributed by atoms with Gasteiger partial charge < -0.3 is 5.32 Å². The van der Waals surface area contributed by atoms with Crippen molar-refractivity contribution in [1.82, 2.24) is 19.7 Å². The molecule has 0 aliphatic carbocycles. The van der Waals surface area contributed by atoms with E-state index in [2.05, 4.69) is 33.4 Å². The Morgan fingerprint density at radius 2 is 2.04 bits per heavy atom. The Balaban J connectivity index is 1.49. The van der Waals surface area contributed by atoms with Crippen LogP contribution in [0.5, 0.6) is 0 Å². The molecule has 2 heterocycles. The first kappa shape index (κ1) is 18.0. The summed E-state index contributed by atoms with van der Waals surface area (Å²) in [5.41, 5.74) is 3.06. The molecular formula is C21H17ClN6. The number of nitriles is 1. The zero-order valence-corrected chi connectivity index (χ0v) is 15.9. The number of nitrogens with zero attached hydrogens (tertiary/aromatic N) is 5. The largest absolute Gasteiger partial charge is 0.365 e. The Kier molecular flexibility index (Phi) is 4.92. The van der Waals surface area contributed by atoms with Crippen LogP contribution >= 0.6 is 11.6 Å². The van der Waals surface area contributed by atoms with E-state index in [0.29, 0.717) is 17.1 Å². The van der Waals surface area contributed by atoms with Crippen LogP contribution in [0.25, 0.3) is 22.2 Å². The van der Waals surface area contributed by atoms with E-state index < -0.39 is 0 Å². The maximum atomic E-state index is 9.00. The lowest BCUT2D eigenvalue weighted by molar-refractivity contribution is 0.561. The monoisotopic (exact) mass is 388 g/mol. The summed E-state index contributed by atoms with van der Waals surface area (Å²) in [6, 6.07) is 17.3. The fourth-order valence-corrected chi connectivity index (χ4v) is 3.28. The minimum absolute atomic E-state index is 0.107. The smallest absolute Gasteiger partial charge is 0.137 e. The summed E-state index contributed by atoms with van der Waals surface area (Å²) >= 11 is 6.13. The Labute approximate surface area is 167 Å². The van der Waals surface area contributed by atoms with Gasteiger partial charge in [-0.15, -0.1) is 0 Å². The second kappa shape index (κ2) is 7.67. The molecule has 2 aromatic carbocycles. The van der Waals surface area contributed by atoms with Gasteiger partial charge in [0.05, 0.1) is 28.3 Å². The third-order valence-electron chi connectivity index (χ3n) is 4.41. The Hall–Kier alpha value is -3.43. The lowest BCUT2D eigenvalue weighted by Crippen LogP contribution is -2.23. The maximum absolute atomic E-state index is 9.00. The SMILES string of the molecule is C[C@@H](Cn1ccc(-c2ccc(C#N)c(Cl)c2)n1)Nc1ncnc2ccccc12. The van der Waals surface area contributed by atoms with Gasteiger partial charge in [0.15, 0.2) is 0 Å². The van der Waals surface area contributed by atoms with E-state index in [1.165, 1.54) is 0 Å². The molecule has 7 heteroatoms. The number of benzene rings is 2. The Morgan fingerprint density at radius 3 is 2.86 bits per heavy atom. The van der Waals surface area contributed by atoms with Crippen molar-refractivity contribution >= 4 is 28.3 Å². The minimum atomic E-state index is 0.107. The van der Waals surface area contributed by atoms with E-state index in [4.69, 9.17) is 16.9 Å². The first-order chi connectivity index (χ1) is 13.6. The first-order valence-corrected chi connectivity index (χ1v) is 9.21. The number of aromatic nitrogens is 4. The zero-order chi connectivity index (χ0) is 19.5. The van der Waals surface area contributed by atoms with Crippen molar-refractivity contribution in [2.45, 2.75) is 19.5 Å². The fraction of sp³-hybridized carbons (Fsp3) is 0.143. The molecule has 28 heavy (non-hydrogen) atoms. The molecule has 138 valence electrons. The standard InChI is InChI=1S/C21H17ClN6/c1-14(26-21-17-4-2-3-5-20(17)24-13-25-21)12-28-9-8-19(27-28)15-6-7-16(11-23)18(22)10-15/h2-10,13-14H,12H2,1H3,(H,24,25,26)/t14-/m0/s1. The van der Waals surface area contributed by atoms with Gasteiger partial charge in [0.2, 0.25) is 0 Å². The second-order valence-corrected chi connectivity index (χ2v) is 6.92. The van der Waals surface area contributed by atoms with E-state index in [1.54, 1.807) is 18.5 Å². The van der Waals surface area contributed by atoms with E-state index in [0.717, 1.165) is 28.0 Å². The van der Waals surface area contributed by atoms with Crippen LogP contribution in [0.4, 0.5) is 5.82 Å². The van der Waals surface area contributed by atoms with Crippen LogP contribution < -0.4 is 5.32 Å². The second-order valence-electron chi connectivity index (χ2n) is 6.51. The number of hydrogen-bond donors (Lipinski definition) is 1. The van der Waals surface area contributed by atoms with Crippen molar-refractivity contribution in [2.24, 2.45) is 0 Å². The summed E-state index contributed by atoms with van der Waals surface area (Å²) < 4.78 is 1.88. The molecule has 0 unspecified atom stereocenters. The zero-order valence-electron chi connectivity index (χ0n) is 15.2. The Bertz CT molecular complexity index is 1170. The third-order valence-corrected chi connectivity index (χ3v) is 4.73. The van der Waals surface area contributed by atoms with Gasteiger partial charge in [0.25, 0.3) is 0 Å². The Morgan fingerprint density at radius 1 is 1.18 bits per heavy atom. The van der Waals surface area contributed by atoms with Crippen molar-refractivity contribution in [2.75, 3.05) is 5.32 Å². The number of anilines is 1. The highest BCUT2D eigenvalue weighted by Crippen LogP contribution is 2.24. The molecule has 0 aliphatic heterocycles. The number of nitrogens with one attached hydrogen (secondary N) is 1. The molecule has 0 bridgehead atoms. The summed E-state index contributed by atoms with van der Waals surface area (Å²) in [7, 11) is 0. The molecule has 0 amide bonds. The highest BCUT2D eigenvalue weighted by atomic mass is 35.5. The molecule has 0 spiro atoms. The number of halogens is 1. The van der Waals surface area contributed by atoms with Gasteiger partial charge in [-0.3, -0.25) is 4.68 Å². The predicted octanol–water partition coefficient (Wildman–Crippen LogP) is 4.52. The van der Waals surface area contributed by atoms with Gasteiger partial charge in [0.1, 0.15) is 18.2 Å². The van der Waals surface area contributed by atoms with Gasteiger partial charge in [-0.2, -0.15) is 10.4 Å². The van der Waals surface area contributed by atoms with Crippen LogP contribution in [0.3, 0.4) is 0 Å². The van der Waals surface area contributed by atoms with Gasteiger partial charge in [-0.25, -0.2) is 9.97 Å². The van der Waals surface area contributed by atoms with Gasteiger partial charge >= 0.3 is 0 Å². The topological polar surface area (TPSA) is 79.4 Å². The van der Waals surface area contributed by atoms with Gasteiger partial charge in [-0.05, 0) is 37.3 Å². The molecule has 1 atom stereocenters. The maximum Gasteiger partial charge on any atom is 0.137 e. The van der Waals surface area contributed by atoms with E-state index in [-0.39, 0.29) is 6.04 Å². The van der Waals surface area contributed by atoms with Crippen LogP contribution in [0.15, 0.2) is 61.1 Å². The molecule has 0 fully saturated rings. The van der Waals surface area contributed by atoms with Crippen molar-refractivity contribution in [3.05, 3.63) is 71.6 Å². The average molecular weight is 389 g/mol. The van der Waals surface area contributed by atoms with Crippen LogP contribution in [-0.4, -0.2) is 25.8 Å². The minimum Gasteiger partial charge on any atom is -0.365 e. The van der Waals surface area contributed by atoms with Gasteiger partial charge in [-0.1, -0.05) is 29.8 Å². The highest BCUT2D eigenvalue weighted by molar-refractivity contribution is 6.32. The molecule has 0 saturated carbocycles. The number of para-hydroxylation sites is 1. The molecule has 6 nitrogen and oxygen atoms in total.